The smallest absolute Gasteiger partial charge is 0.307 e. The van der Waals surface area contributed by atoms with Crippen LogP contribution in [0.2, 0.25) is 0 Å². The Bertz CT molecular complexity index is 744. The molecule has 0 aliphatic heterocycles. The van der Waals surface area contributed by atoms with E-state index in [2.05, 4.69) is 26.8 Å². The molecule has 4 aliphatic rings. The molecule has 3 N–H and O–H groups in total. The Kier molecular flexibility index (Phi) is 6.94. The predicted octanol–water partition coefficient (Wildman–Crippen LogP) is 5.59. The topological polar surface area (TPSA) is 77.8 Å². The minimum Gasteiger partial charge on any atom is -0.481 e. The van der Waals surface area contributed by atoms with Gasteiger partial charge in [-0.3, -0.25) is 4.79 Å². The van der Waals surface area contributed by atoms with Crippen molar-refractivity contribution in [3.05, 3.63) is 24.3 Å². The lowest BCUT2D eigenvalue weighted by Gasteiger charge is -2.62. The molecule has 4 rings (SSSR count). The fraction of sp³-hybridized carbons (Fsp3) is 0.821. The van der Waals surface area contributed by atoms with Gasteiger partial charge in [0.25, 0.3) is 0 Å². The highest BCUT2D eigenvalue weighted by Crippen LogP contribution is 2.68. The Labute approximate surface area is 194 Å². The molecule has 4 nitrogen and oxygen atoms in total. The molecule has 0 aromatic heterocycles. The third-order valence-electron chi connectivity index (χ3n) is 10.7. The summed E-state index contributed by atoms with van der Waals surface area (Å²) >= 11 is 0. The van der Waals surface area contributed by atoms with Crippen LogP contribution in [-0.4, -0.2) is 33.5 Å². The summed E-state index contributed by atoms with van der Waals surface area (Å²) in [7, 11) is 0. The Morgan fingerprint density at radius 2 is 1.75 bits per heavy atom. The minimum atomic E-state index is -0.801. The van der Waals surface area contributed by atoms with Gasteiger partial charge in [-0.15, -0.1) is 0 Å². The van der Waals surface area contributed by atoms with E-state index in [-0.39, 0.29) is 24.0 Å². The van der Waals surface area contributed by atoms with Gasteiger partial charge in [-0.25, -0.2) is 0 Å². The van der Waals surface area contributed by atoms with E-state index in [4.69, 9.17) is 5.11 Å². The standard InChI is InChI=1S/C28H44O4/c1-18(8-6-4-5-7-9-26(31)32)22-12-13-23-21-11-10-19-16-20(29)14-15-27(19,2)24(21)17-25(30)28(22,23)3/h4-7,18-25,29-30H,8-17H2,1-3H3,(H,31,32)/b6-4+,7-5+/t18?,19-,20-,21+,22-,23+,24+,25+,27+,28-/m1/s1. The van der Waals surface area contributed by atoms with Crippen LogP contribution in [0.25, 0.3) is 0 Å². The van der Waals surface area contributed by atoms with Crippen molar-refractivity contribution in [3.8, 4) is 0 Å². The molecule has 0 aromatic carbocycles. The summed E-state index contributed by atoms with van der Waals surface area (Å²) in [6.07, 6.45) is 17.3. The number of aliphatic carboxylic acids is 1. The maximum absolute atomic E-state index is 11.6. The first-order chi connectivity index (χ1) is 15.2. The van der Waals surface area contributed by atoms with Gasteiger partial charge in [0.15, 0.2) is 0 Å². The van der Waals surface area contributed by atoms with E-state index >= 15 is 0 Å². The van der Waals surface area contributed by atoms with Crippen LogP contribution in [0, 0.1) is 46.3 Å². The second-order valence-corrected chi connectivity index (χ2v) is 12.1. The molecule has 4 fully saturated rings. The maximum atomic E-state index is 11.6. The molecular weight excluding hydrogens is 400 g/mol. The maximum Gasteiger partial charge on any atom is 0.307 e. The third kappa shape index (κ3) is 4.11. The Morgan fingerprint density at radius 3 is 2.50 bits per heavy atom. The van der Waals surface area contributed by atoms with Crippen molar-refractivity contribution in [2.75, 3.05) is 0 Å². The zero-order chi connectivity index (χ0) is 23.1. The number of carbonyl (C=O) groups is 1. The first kappa shape index (κ1) is 24.0. The van der Waals surface area contributed by atoms with Crippen molar-refractivity contribution < 1.29 is 20.1 Å². The molecule has 0 heterocycles. The van der Waals surface area contributed by atoms with E-state index in [1.165, 1.54) is 25.7 Å². The number of carboxylic acids is 1. The summed E-state index contributed by atoms with van der Waals surface area (Å²) in [6, 6.07) is 0. The minimum absolute atomic E-state index is 0.00491. The number of rotatable bonds is 6. The third-order valence-corrected chi connectivity index (χ3v) is 10.7. The normalized spacial score (nSPS) is 47.2. The van der Waals surface area contributed by atoms with Crippen LogP contribution in [0.3, 0.4) is 0 Å². The van der Waals surface area contributed by atoms with E-state index in [9.17, 15) is 15.0 Å². The molecule has 180 valence electrons. The van der Waals surface area contributed by atoms with E-state index in [1.807, 2.05) is 12.2 Å². The average Bonchev–Trinajstić information content (AvgIpc) is 3.10. The molecule has 0 spiro atoms. The van der Waals surface area contributed by atoms with Gasteiger partial charge in [-0.05, 0) is 104 Å². The van der Waals surface area contributed by atoms with Gasteiger partial charge in [-0.1, -0.05) is 45.1 Å². The molecule has 1 unspecified atom stereocenters. The number of carboxylic acid groups (broad SMARTS) is 1. The van der Waals surface area contributed by atoms with Gasteiger partial charge >= 0.3 is 5.97 Å². The summed E-state index contributed by atoms with van der Waals surface area (Å²) in [4.78, 5) is 10.6. The second kappa shape index (κ2) is 9.25. The van der Waals surface area contributed by atoms with Crippen LogP contribution < -0.4 is 0 Å². The Balaban J connectivity index is 1.45. The number of hydrogen-bond donors (Lipinski definition) is 3. The SMILES string of the molecule is CC(C/C=C/C=C/CC(=O)O)[C@H]1CC[C@H]2[C@@H]3CC[C@@H]4C[C@H](O)CC[C@]4(C)[C@H]3C[C@H](O)[C@]12C. The molecule has 0 bridgehead atoms. The molecule has 4 saturated carbocycles. The zero-order valence-corrected chi connectivity index (χ0v) is 20.2. The number of fused-ring (bicyclic) bond motifs is 5. The largest absolute Gasteiger partial charge is 0.481 e. The second-order valence-electron chi connectivity index (χ2n) is 12.1. The van der Waals surface area contributed by atoms with Crippen LogP contribution in [0.15, 0.2) is 24.3 Å². The zero-order valence-electron chi connectivity index (χ0n) is 20.2. The molecule has 4 aliphatic carbocycles. The van der Waals surface area contributed by atoms with E-state index in [0.29, 0.717) is 35.0 Å². The molecule has 0 amide bonds. The number of hydrogen-bond acceptors (Lipinski definition) is 3. The van der Waals surface area contributed by atoms with Gasteiger partial charge < -0.3 is 15.3 Å². The van der Waals surface area contributed by atoms with Gasteiger partial charge in [0.1, 0.15) is 0 Å². The average molecular weight is 445 g/mol. The number of aliphatic hydroxyl groups is 2. The summed E-state index contributed by atoms with van der Waals surface area (Å²) in [5.74, 6) is 2.82. The molecule has 0 aromatic rings. The lowest BCUT2D eigenvalue weighted by molar-refractivity contribution is -0.174. The Morgan fingerprint density at radius 1 is 1.00 bits per heavy atom. The quantitative estimate of drug-likeness (QED) is 0.467. The first-order valence-corrected chi connectivity index (χ1v) is 13.1. The van der Waals surface area contributed by atoms with E-state index in [0.717, 1.165) is 38.0 Å². The van der Waals surface area contributed by atoms with Crippen LogP contribution in [0.5, 0.6) is 0 Å². The van der Waals surface area contributed by atoms with Crippen LogP contribution in [0.1, 0.15) is 85.0 Å². The molecule has 32 heavy (non-hydrogen) atoms. The van der Waals surface area contributed by atoms with Crippen molar-refractivity contribution >= 4 is 5.97 Å². The lowest BCUT2D eigenvalue weighted by atomic mass is 9.43. The van der Waals surface area contributed by atoms with Gasteiger partial charge in [0.05, 0.1) is 18.6 Å². The van der Waals surface area contributed by atoms with Crippen molar-refractivity contribution in [1.82, 2.24) is 0 Å². The summed E-state index contributed by atoms with van der Waals surface area (Å²) < 4.78 is 0. The van der Waals surface area contributed by atoms with Crippen molar-refractivity contribution in [3.63, 3.8) is 0 Å². The summed E-state index contributed by atoms with van der Waals surface area (Å²) in [5, 5.41) is 30.6. The van der Waals surface area contributed by atoms with Crippen molar-refractivity contribution in [1.29, 1.82) is 0 Å². The summed E-state index contributed by atoms with van der Waals surface area (Å²) in [6.45, 7) is 7.21. The van der Waals surface area contributed by atoms with Crippen LogP contribution in [0.4, 0.5) is 0 Å². The van der Waals surface area contributed by atoms with E-state index in [1.54, 1.807) is 6.08 Å². The highest BCUT2D eigenvalue weighted by atomic mass is 16.4. The first-order valence-electron chi connectivity index (χ1n) is 13.1. The molecule has 10 atom stereocenters. The predicted molar refractivity (Wildman–Crippen MR) is 127 cm³/mol. The fourth-order valence-electron chi connectivity index (χ4n) is 8.94. The van der Waals surface area contributed by atoms with Gasteiger partial charge in [0, 0.05) is 0 Å². The fourth-order valence-corrected chi connectivity index (χ4v) is 8.94. The number of aliphatic hydroxyl groups excluding tert-OH is 2. The highest BCUT2D eigenvalue weighted by molar-refractivity contribution is 5.68. The molecule has 0 radical (unpaired) electrons. The van der Waals surface area contributed by atoms with Crippen LogP contribution in [-0.2, 0) is 4.79 Å². The van der Waals surface area contributed by atoms with E-state index < -0.39 is 5.97 Å². The lowest BCUT2D eigenvalue weighted by Crippen LogP contribution is -2.58. The van der Waals surface area contributed by atoms with Crippen LogP contribution >= 0.6 is 0 Å². The van der Waals surface area contributed by atoms with Gasteiger partial charge in [-0.2, -0.15) is 0 Å². The molecular formula is C28H44O4. The monoisotopic (exact) mass is 444 g/mol. The van der Waals surface area contributed by atoms with Gasteiger partial charge in [0.2, 0.25) is 0 Å². The van der Waals surface area contributed by atoms with Crippen molar-refractivity contribution in [2.45, 2.75) is 97.2 Å². The molecule has 0 saturated heterocycles. The number of allylic oxidation sites excluding steroid dienone is 3. The van der Waals surface area contributed by atoms with Crippen molar-refractivity contribution in [2.24, 2.45) is 46.3 Å². The summed E-state index contributed by atoms with van der Waals surface area (Å²) in [5.41, 5.74) is 0.296. The highest BCUT2D eigenvalue weighted by Gasteiger charge is 2.63. The molecule has 4 heteroatoms. The Hall–Kier alpha value is -1.13.